The number of phenols is 1. The van der Waals surface area contributed by atoms with Crippen LogP contribution >= 0.6 is 0 Å². The van der Waals surface area contributed by atoms with Crippen molar-refractivity contribution in [1.82, 2.24) is 20.9 Å². The van der Waals surface area contributed by atoms with Crippen molar-refractivity contribution in [2.24, 2.45) is 4.99 Å². The van der Waals surface area contributed by atoms with Crippen LogP contribution in [0.1, 0.15) is 35.3 Å². The van der Waals surface area contributed by atoms with Crippen molar-refractivity contribution in [1.29, 1.82) is 0 Å². The molecule has 0 aliphatic heterocycles. The average molecular weight is 422 g/mol. The third-order valence-corrected chi connectivity index (χ3v) is 5.10. The molecule has 7 nitrogen and oxygen atoms in total. The molecular formula is C24H31N5O2. The number of aromatic hydroxyl groups is 1. The Bertz CT molecular complexity index is 1020. The van der Waals surface area contributed by atoms with Crippen LogP contribution in [0.4, 0.5) is 0 Å². The van der Waals surface area contributed by atoms with Crippen LogP contribution in [0, 0.1) is 0 Å². The lowest BCUT2D eigenvalue weighted by atomic mass is 10.1. The fourth-order valence-electron chi connectivity index (χ4n) is 3.48. The molecule has 2 aromatic carbocycles. The van der Waals surface area contributed by atoms with Crippen LogP contribution in [0.3, 0.4) is 0 Å². The van der Waals surface area contributed by atoms with E-state index >= 15 is 0 Å². The third kappa shape index (κ3) is 6.01. The van der Waals surface area contributed by atoms with Crippen molar-refractivity contribution in [2.75, 3.05) is 26.2 Å². The molecule has 0 atom stereocenters. The Hall–Kier alpha value is -3.48. The van der Waals surface area contributed by atoms with Crippen molar-refractivity contribution >= 4 is 22.8 Å². The summed E-state index contributed by atoms with van der Waals surface area (Å²) in [6.07, 6.45) is 3.94. The van der Waals surface area contributed by atoms with Gasteiger partial charge in [0.25, 0.3) is 5.91 Å². The fraction of sp³-hybridized carbons (Fsp3) is 0.333. The van der Waals surface area contributed by atoms with E-state index in [0.29, 0.717) is 25.2 Å². The van der Waals surface area contributed by atoms with Crippen LogP contribution in [0.15, 0.2) is 53.7 Å². The van der Waals surface area contributed by atoms with Crippen LogP contribution in [0.25, 0.3) is 10.9 Å². The number of nitrogens with one attached hydrogen (secondary N) is 4. The van der Waals surface area contributed by atoms with E-state index < -0.39 is 0 Å². The standard InChI is InChI=1S/C24H31N5O2/c1-3-17-6-5-7-21-19(16-29-22(17)21)12-13-27-24(25-4-2)28-15-14-26-23(31)18-8-10-20(30)11-9-18/h5-11,16,29-30H,3-4,12-15H2,1-2H3,(H,26,31)(H2,25,27,28). The van der Waals surface area contributed by atoms with E-state index in [4.69, 9.17) is 0 Å². The van der Waals surface area contributed by atoms with Gasteiger partial charge in [-0.25, -0.2) is 0 Å². The van der Waals surface area contributed by atoms with E-state index in [0.717, 1.165) is 25.3 Å². The van der Waals surface area contributed by atoms with Crippen molar-refractivity contribution in [3.8, 4) is 5.75 Å². The number of hydrogen-bond acceptors (Lipinski definition) is 3. The maximum Gasteiger partial charge on any atom is 0.251 e. The Morgan fingerprint density at radius 1 is 1.00 bits per heavy atom. The van der Waals surface area contributed by atoms with Crippen LogP contribution in [-0.2, 0) is 12.8 Å². The molecular weight excluding hydrogens is 390 g/mol. The SMILES string of the molecule is CCNC(=NCCc1c[nH]c2c(CC)cccc12)NCCNC(=O)c1ccc(O)cc1. The first-order valence-corrected chi connectivity index (χ1v) is 10.8. The van der Waals surface area contributed by atoms with E-state index in [9.17, 15) is 9.90 Å². The second-order valence-electron chi connectivity index (χ2n) is 7.25. The first kappa shape index (κ1) is 22.2. The first-order valence-electron chi connectivity index (χ1n) is 10.8. The molecule has 0 saturated heterocycles. The lowest BCUT2D eigenvalue weighted by Crippen LogP contribution is -2.41. The molecule has 3 aromatic rings. The minimum absolute atomic E-state index is 0.142. The highest BCUT2D eigenvalue weighted by molar-refractivity contribution is 5.94. The summed E-state index contributed by atoms with van der Waals surface area (Å²) in [6, 6.07) is 12.6. The summed E-state index contributed by atoms with van der Waals surface area (Å²) >= 11 is 0. The molecule has 7 heteroatoms. The van der Waals surface area contributed by atoms with Gasteiger partial charge in [-0.3, -0.25) is 9.79 Å². The van der Waals surface area contributed by atoms with Gasteiger partial charge in [0.15, 0.2) is 5.96 Å². The number of guanidine groups is 1. The van der Waals surface area contributed by atoms with Gasteiger partial charge >= 0.3 is 0 Å². The second-order valence-corrected chi connectivity index (χ2v) is 7.25. The molecule has 1 amide bonds. The van der Waals surface area contributed by atoms with Gasteiger partial charge in [-0.1, -0.05) is 25.1 Å². The minimum atomic E-state index is -0.172. The summed E-state index contributed by atoms with van der Waals surface area (Å²) in [6.45, 7) is 6.64. The fourth-order valence-corrected chi connectivity index (χ4v) is 3.48. The Morgan fingerprint density at radius 3 is 2.52 bits per heavy atom. The number of aliphatic imine (C=N–C) groups is 1. The van der Waals surface area contributed by atoms with Gasteiger partial charge in [-0.15, -0.1) is 0 Å². The molecule has 164 valence electrons. The smallest absolute Gasteiger partial charge is 0.251 e. The number of carbonyl (C=O) groups excluding carboxylic acids is 1. The molecule has 0 spiro atoms. The van der Waals surface area contributed by atoms with E-state index in [1.54, 1.807) is 12.1 Å². The molecule has 0 bridgehead atoms. The number of phenolic OH excluding ortho intramolecular Hbond substituents is 1. The van der Waals surface area contributed by atoms with Crippen molar-refractivity contribution < 1.29 is 9.90 Å². The lowest BCUT2D eigenvalue weighted by molar-refractivity contribution is 0.0954. The van der Waals surface area contributed by atoms with Gasteiger partial charge in [-0.2, -0.15) is 0 Å². The number of nitrogens with zero attached hydrogens (tertiary/aromatic N) is 1. The molecule has 1 heterocycles. The van der Waals surface area contributed by atoms with Crippen LogP contribution in [0.5, 0.6) is 5.75 Å². The number of aromatic amines is 1. The Kier molecular flexibility index (Phi) is 7.92. The molecule has 0 aliphatic carbocycles. The first-order chi connectivity index (χ1) is 15.1. The van der Waals surface area contributed by atoms with Crippen molar-refractivity contribution in [2.45, 2.75) is 26.7 Å². The monoisotopic (exact) mass is 421 g/mol. The summed E-state index contributed by atoms with van der Waals surface area (Å²) in [4.78, 5) is 20.2. The molecule has 3 rings (SSSR count). The average Bonchev–Trinajstić information content (AvgIpc) is 3.20. The van der Waals surface area contributed by atoms with Gasteiger partial charge in [0.05, 0.1) is 0 Å². The van der Waals surface area contributed by atoms with Gasteiger partial charge in [0, 0.05) is 48.8 Å². The highest BCUT2D eigenvalue weighted by atomic mass is 16.3. The Balaban J connectivity index is 1.49. The van der Waals surface area contributed by atoms with Crippen molar-refractivity contribution in [3.63, 3.8) is 0 Å². The summed E-state index contributed by atoms with van der Waals surface area (Å²) in [7, 11) is 0. The van der Waals surface area contributed by atoms with Crippen LogP contribution in [-0.4, -0.2) is 48.1 Å². The maximum atomic E-state index is 12.1. The van der Waals surface area contributed by atoms with E-state index in [1.165, 1.54) is 34.2 Å². The molecule has 1 aromatic heterocycles. The lowest BCUT2D eigenvalue weighted by Gasteiger charge is -2.12. The molecule has 31 heavy (non-hydrogen) atoms. The molecule has 0 aliphatic rings. The largest absolute Gasteiger partial charge is 0.508 e. The number of benzene rings is 2. The highest BCUT2D eigenvalue weighted by Crippen LogP contribution is 2.22. The van der Waals surface area contributed by atoms with Crippen LogP contribution < -0.4 is 16.0 Å². The number of amides is 1. The van der Waals surface area contributed by atoms with Crippen molar-refractivity contribution in [3.05, 3.63) is 65.4 Å². The number of fused-ring (bicyclic) bond motifs is 1. The maximum absolute atomic E-state index is 12.1. The summed E-state index contributed by atoms with van der Waals surface area (Å²) in [5, 5.41) is 19.9. The van der Waals surface area contributed by atoms with E-state index in [1.807, 2.05) is 6.92 Å². The molecule has 0 saturated carbocycles. The number of aromatic nitrogens is 1. The third-order valence-electron chi connectivity index (χ3n) is 5.10. The van der Waals surface area contributed by atoms with Crippen LogP contribution in [0.2, 0.25) is 0 Å². The predicted molar refractivity (Wildman–Crippen MR) is 126 cm³/mol. The van der Waals surface area contributed by atoms with Gasteiger partial charge in [0.1, 0.15) is 5.75 Å². The Morgan fingerprint density at radius 2 is 1.77 bits per heavy atom. The zero-order valence-corrected chi connectivity index (χ0v) is 18.2. The summed E-state index contributed by atoms with van der Waals surface area (Å²) < 4.78 is 0. The quantitative estimate of drug-likeness (QED) is 0.208. The number of aryl methyl sites for hydroxylation is 1. The number of rotatable bonds is 9. The molecule has 0 unspecified atom stereocenters. The number of H-pyrrole nitrogens is 1. The zero-order chi connectivity index (χ0) is 22.1. The number of hydrogen-bond donors (Lipinski definition) is 5. The zero-order valence-electron chi connectivity index (χ0n) is 18.2. The van der Waals surface area contributed by atoms with E-state index in [-0.39, 0.29) is 11.7 Å². The molecule has 0 fully saturated rings. The summed E-state index contributed by atoms with van der Waals surface area (Å²) in [5.74, 6) is 0.702. The minimum Gasteiger partial charge on any atom is -0.508 e. The second kappa shape index (κ2) is 11.1. The van der Waals surface area contributed by atoms with Gasteiger partial charge in [-0.05, 0) is 55.2 Å². The van der Waals surface area contributed by atoms with Gasteiger partial charge < -0.3 is 26.0 Å². The normalized spacial score (nSPS) is 11.5. The predicted octanol–water partition coefficient (Wildman–Crippen LogP) is 2.96. The highest BCUT2D eigenvalue weighted by Gasteiger charge is 2.07. The van der Waals surface area contributed by atoms with E-state index in [2.05, 4.69) is 57.2 Å². The number of para-hydroxylation sites is 1. The molecule has 5 N–H and O–H groups in total. The number of carbonyl (C=O) groups is 1. The topological polar surface area (TPSA) is 102 Å². The summed E-state index contributed by atoms with van der Waals surface area (Å²) in [5.41, 5.74) is 4.34. The molecule has 0 radical (unpaired) electrons. The van der Waals surface area contributed by atoms with Gasteiger partial charge in [0.2, 0.25) is 0 Å². The Labute approximate surface area is 183 Å².